The number of aliphatic imine (C=N–C) groups is 1. The molecule has 0 aromatic heterocycles. The highest BCUT2D eigenvalue weighted by atomic mass is 16.1. The normalized spacial score (nSPS) is 14.0. The van der Waals surface area contributed by atoms with Gasteiger partial charge in [0.2, 0.25) is 0 Å². The van der Waals surface area contributed by atoms with E-state index in [1.807, 2.05) is 6.20 Å². The van der Waals surface area contributed by atoms with E-state index in [1.54, 1.807) is 6.20 Å². The maximum absolute atomic E-state index is 11.1. The molecule has 1 rings (SSSR count). The highest BCUT2D eigenvalue weighted by molar-refractivity contribution is 6.39. The fraction of sp³-hybridized carbons (Fsp3) is 0.810. The zero-order valence-electron chi connectivity index (χ0n) is 16.3. The highest BCUT2D eigenvalue weighted by Gasteiger charge is 2.12. The topological polar surface area (TPSA) is 58.7 Å². The fourth-order valence-corrected chi connectivity index (χ4v) is 3.31. The van der Waals surface area contributed by atoms with Crippen molar-refractivity contribution in [3.63, 3.8) is 0 Å². The SMILES string of the molecule is CCCCCCCCCCCCCCCCN1C=CN=C(C(N)=O)C1. The summed E-state index contributed by atoms with van der Waals surface area (Å²) in [5.41, 5.74) is 5.75. The average molecular weight is 350 g/mol. The predicted molar refractivity (Wildman–Crippen MR) is 108 cm³/mol. The number of hydrogen-bond donors (Lipinski definition) is 1. The maximum Gasteiger partial charge on any atom is 0.264 e. The van der Waals surface area contributed by atoms with Crippen LogP contribution in [0.25, 0.3) is 0 Å². The number of nitrogens with two attached hydrogens (primary N) is 1. The Kier molecular flexibility index (Phi) is 13.0. The van der Waals surface area contributed by atoms with Crippen LogP contribution in [0.1, 0.15) is 96.8 Å². The van der Waals surface area contributed by atoms with Gasteiger partial charge in [-0.25, -0.2) is 0 Å². The van der Waals surface area contributed by atoms with E-state index in [2.05, 4.69) is 16.8 Å². The van der Waals surface area contributed by atoms with E-state index in [1.165, 1.54) is 89.9 Å². The van der Waals surface area contributed by atoms with Crippen molar-refractivity contribution >= 4 is 11.6 Å². The van der Waals surface area contributed by atoms with Crippen LogP contribution in [0.4, 0.5) is 0 Å². The van der Waals surface area contributed by atoms with Crippen LogP contribution in [0.3, 0.4) is 0 Å². The summed E-state index contributed by atoms with van der Waals surface area (Å²) in [6.07, 6.45) is 22.9. The van der Waals surface area contributed by atoms with Crippen molar-refractivity contribution in [3.05, 3.63) is 12.4 Å². The second-order valence-electron chi connectivity index (χ2n) is 7.30. The molecule has 0 spiro atoms. The molecule has 0 aliphatic carbocycles. The minimum absolute atomic E-state index is 0.407. The molecule has 1 heterocycles. The minimum Gasteiger partial charge on any atom is -0.370 e. The number of carbonyl (C=O) groups is 1. The van der Waals surface area contributed by atoms with E-state index in [9.17, 15) is 4.79 Å². The number of amides is 1. The summed E-state index contributed by atoms with van der Waals surface area (Å²) in [5.74, 6) is -0.407. The Labute approximate surface area is 154 Å². The first-order valence-corrected chi connectivity index (χ1v) is 10.5. The highest BCUT2D eigenvalue weighted by Crippen LogP contribution is 2.13. The Morgan fingerprint density at radius 1 is 0.920 bits per heavy atom. The van der Waals surface area contributed by atoms with Gasteiger partial charge >= 0.3 is 0 Å². The lowest BCUT2D eigenvalue weighted by Crippen LogP contribution is -2.36. The zero-order valence-corrected chi connectivity index (χ0v) is 16.3. The number of nitrogens with zero attached hydrogens (tertiary/aromatic N) is 2. The molecule has 0 aromatic carbocycles. The van der Waals surface area contributed by atoms with Gasteiger partial charge in [-0.1, -0.05) is 90.4 Å². The van der Waals surface area contributed by atoms with Crippen LogP contribution in [0, 0.1) is 0 Å². The van der Waals surface area contributed by atoms with E-state index in [4.69, 9.17) is 5.73 Å². The second kappa shape index (κ2) is 15.0. The van der Waals surface area contributed by atoms with Crippen molar-refractivity contribution < 1.29 is 4.79 Å². The van der Waals surface area contributed by atoms with Gasteiger partial charge in [0.15, 0.2) is 0 Å². The lowest BCUT2D eigenvalue weighted by atomic mass is 10.0. The molecular formula is C21H39N3O. The second-order valence-corrected chi connectivity index (χ2v) is 7.30. The fourth-order valence-electron chi connectivity index (χ4n) is 3.31. The van der Waals surface area contributed by atoms with E-state index in [0.29, 0.717) is 12.3 Å². The van der Waals surface area contributed by atoms with Crippen molar-refractivity contribution in [2.75, 3.05) is 13.1 Å². The van der Waals surface area contributed by atoms with Crippen LogP contribution < -0.4 is 5.73 Å². The number of primary amides is 1. The Balaban J connectivity index is 1.81. The van der Waals surface area contributed by atoms with Gasteiger partial charge in [0.25, 0.3) is 5.91 Å². The summed E-state index contributed by atoms with van der Waals surface area (Å²) >= 11 is 0. The maximum atomic E-state index is 11.1. The van der Waals surface area contributed by atoms with Crippen LogP contribution in [0.15, 0.2) is 17.4 Å². The largest absolute Gasteiger partial charge is 0.370 e. The molecule has 2 N–H and O–H groups in total. The molecule has 0 aromatic rings. The van der Waals surface area contributed by atoms with E-state index in [0.717, 1.165) is 6.54 Å². The molecule has 0 unspecified atom stereocenters. The van der Waals surface area contributed by atoms with E-state index < -0.39 is 5.91 Å². The molecule has 0 radical (unpaired) electrons. The Morgan fingerprint density at radius 2 is 1.40 bits per heavy atom. The molecule has 0 saturated heterocycles. The number of carbonyl (C=O) groups excluding carboxylic acids is 1. The Morgan fingerprint density at radius 3 is 1.88 bits per heavy atom. The molecule has 4 nitrogen and oxygen atoms in total. The zero-order chi connectivity index (χ0) is 18.2. The summed E-state index contributed by atoms with van der Waals surface area (Å²) in [6.45, 7) is 3.82. The molecule has 1 aliphatic heterocycles. The van der Waals surface area contributed by atoms with Gasteiger partial charge in [-0.15, -0.1) is 0 Å². The van der Waals surface area contributed by atoms with Gasteiger partial charge < -0.3 is 10.6 Å². The van der Waals surface area contributed by atoms with Crippen molar-refractivity contribution in [1.29, 1.82) is 0 Å². The minimum atomic E-state index is -0.407. The van der Waals surface area contributed by atoms with Crippen molar-refractivity contribution in [2.24, 2.45) is 10.7 Å². The number of rotatable bonds is 16. The summed E-state index contributed by atoms with van der Waals surface area (Å²) in [5, 5.41) is 0. The summed E-state index contributed by atoms with van der Waals surface area (Å²) < 4.78 is 0. The Hall–Kier alpha value is -1.32. The lowest BCUT2D eigenvalue weighted by molar-refractivity contribution is -0.112. The molecule has 4 heteroatoms. The van der Waals surface area contributed by atoms with Crippen molar-refractivity contribution in [1.82, 2.24) is 4.90 Å². The van der Waals surface area contributed by atoms with Crippen LogP contribution in [0.2, 0.25) is 0 Å². The first-order valence-electron chi connectivity index (χ1n) is 10.5. The third kappa shape index (κ3) is 11.8. The number of hydrogen-bond acceptors (Lipinski definition) is 3. The summed E-state index contributed by atoms with van der Waals surface area (Å²) in [7, 11) is 0. The van der Waals surface area contributed by atoms with Gasteiger partial charge in [-0.2, -0.15) is 0 Å². The molecule has 0 atom stereocenters. The molecule has 0 bridgehead atoms. The van der Waals surface area contributed by atoms with E-state index >= 15 is 0 Å². The standard InChI is InChI=1S/C21H39N3O/c1-2-3-4-5-6-7-8-9-10-11-12-13-14-15-17-24-18-16-23-20(19-24)21(22)25/h16,18H,2-15,17,19H2,1H3,(H2,22,25). The summed E-state index contributed by atoms with van der Waals surface area (Å²) in [6, 6.07) is 0. The lowest BCUT2D eigenvalue weighted by Gasteiger charge is -2.22. The predicted octanol–water partition coefficient (Wildman–Crippen LogP) is 5.18. The number of unbranched alkanes of at least 4 members (excludes halogenated alkanes) is 13. The average Bonchev–Trinajstić information content (AvgIpc) is 2.62. The molecule has 144 valence electrons. The molecule has 1 aliphatic rings. The van der Waals surface area contributed by atoms with E-state index in [-0.39, 0.29) is 0 Å². The van der Waals surface area contributed by atoms with Gasteiger partial charge in [0.05, 0.1) is 6.54 Å². The van der Waals surface area contributed by atoms with Gasteiger partial charge in [0.1, 0.15) is 5.71 Å². The molecule has 25 heavy (non-hydrogen) atoms. The first-order chi connectivity index (χ1) is 12.2. The van der Waals surface area contributed by atoms with Crippen molar-refractivity contribution in [2.45, 2.75) is 96.8 Å². The third-order valence-electron chi connectivity index (χ3n) is 4.94. The quantitative estimate of drug-likeness (QED) is 0.390. The third-order valence-corrected chi connectivity index (χ3v) is 4.94. The van der Waals surface area contributed by atoms with Gasteiger partial charge in [-0.3, -0.25) is 9.79 Å². The smallest absolute Gasteiger partial charge is 0.264 e. The van der Waals surface area contributed by atoms with Crippen LogP contribution >= 0.6 is 0 Å². The van der Waals surface area contributed by atoms with Crippen LogP contribution in [-0.2, 0) is 4.79 Å². The van der Waals surface area contributed by atoms with Crippen LogP contribution in [0.5, 0.6) is 0 Å². The first kappa shape index (κ1) is 21.7. The summed E-state index contributed by atoms with van der Waals surface area (Å²) in [4.78, 5) is 17.3. The molecule has 0 fully saturated rings. The molecule has 0 saturated carbocycles. The molecular weight excluding hydrogens is 310 g/mol. The molecule has 1 amide bonds. The van der Waals surface area contributed by atoms with Gasteiger partial charge in [-0.05, 0) is 6.42 Å². The monoisotopic (exact) mass is 349 g/mol. The van der Waals surface area contributed by atoms with Crippen LogP contribution in [-0.4, -0.2) is 29.6 Å². The Bertz CT molecular complexity index is 404. The van der Waals surface area contributed by atoms with Gasteiger partial charge in [0, 0.05) is 18.9 Å². The van der Waals surface area contributed by atoms with Crippen molar-refractivity contribution in [3.8, 4) is 0 Å².